The van der Waals surface area contributed by atoms with Crippen molar-refractivity contribution >= 4 is 11.0 Å². The third kappa shape index (κ3) is 1.74. The van der Waals surface area contributed by atoms with Crippen molar-refractivity contribution in [2.75, 3.05) is 7.11 Å². The highest BCUT2D eigenvalue weighted by molar-refractivity contribution is 5.82. The van der Waals surface area contributed by atoms with Crippen molar-refractivity contribution < 1.29 is 19.4 Å². The number of aliphatic hydroxyl groups is 1. The first-order chi connectivity index (χ1) is 8.08. The topological polar surface area (TPSA) is 79.9 Å². The van der Waals surface area contributed by atoms with Gasteiger partial charge in [-0.25, -0.2) is 0 Å². The molecule has 0 aliphatic rings. The first-order valence-electron chi connectivity index (χ1n) is 5.02. The number of hydrogen-bond donors (Lipinski definition) is 2. The van der Waals surface area contributed by atoms with E-state index in [1.807, 2.05) is 0 Å². The largest absolute Gasteiger partial charge is 0.502 e. The van der Waals surface area contributed by atoms with Crippen LogP contribution in [0.15, 0.2) is 21.3 Å². The van der Waals surface area contributed by atoms with Crippen LogP contribution in [0.4, 0.5) is 0 Å². The van der Waals surface area contributed by atoms with Crippen LogP contribution < -0.4 is 10.2 Å². The van der Waals surface area contributed by atoms with E-state index in [4.69, 9.17) is 9.15 Å². The van der Waals surface area contributed by atoms with E-state index in [0.29, 0.717) is 16.7 Å². The van der Waals surface area contributed by atoms with Crippen LogP contribution in [0.1, 0.15) is 11.3 Å². The summed E-state index contributed by atoms with van der Waals surface area (Å²) in [6, 6.07) is 3.07. The van der Waals surface area contributed by atoms with Crippen molar-refractivity contribution in [3.05, 3.63) is 33.7 Å². The lowest BCUT2D eigenvalue weighted by atomic mass is 10.2. The minimum absolute atomic E-state index is 0.0223. The van der Waals surface area contributed by atoms with E-state index >= 15 is 0 Å². The summed E-state index contributed by atoms with van der Waals surface area (Å²) in [5.41, 5.74) is -0.168. The molecule has 2 aromatic rings. The molecular formula is C12H12O5. The molecule has 2 N–H and O–H groups in total. The number of ether oxygens (including phenoxy) is 1. The molecule has 0 bridgehead atoms. The molecule has 1 aromatic carbocycles. The van der Waals surface area contributed by atoms with Gasteiger partial charge in [0.05, 0.1) is 13.7 Å². The van der Waals surface area contributed by atoms with Crippen molar-refractivity contribution in [1.29, 1.82) is 0 Å². The number of rotatable bonds is 2. The van der Waals surface area contributed by atoms with Crippen LogP contribution in [0, 0.1) is 6.92 Å². The highest BCUT2D eigenvalue weighted by Crippen LogP contribution is 2.28. The van der Waals surface area contributed by atoms with E-state index in [2.05, 4.69) is 0 Å². The van der Waals surface area contributed by atoms with Crippen LogP contribution in [0.2, 0.25) is 0 Å². The molecule has 5 nitrogen and oxygen atoms in total. The van der Waals surface area contributed by atoms with E-state index in [9.17, 15) is 15.0 Å². The highest BCUT2D eigenvalue weighted by Gasteiger charge is 2.15. The zero-order valence-corrected chi connectivity index (χ0v) is 9.48. The Bertz CT molecular complexity index is 627. The molecule has 2 rings (SSSR count). The SMILES string of the molecule is COc1cc2oc(C)cc2c(CO)c(=O)c1O. The summed E-state index contributed by atoms with van der Waals surface area (Å²) >= 11 is 0. The van der Waals surface area contributed by atoms with Gasteiger partial charge in [-0.15, -0.1) is 0 Å². The van der Waals surface area contributed by atoms with Gasteiger partial charge < -0.3 is 19.4 Å². The van der Waals surface area contributed by atoms with Crippen molar-refractivity contribution in [1.82, 2.24) is 0 Å². The minimum Gasteiger partial charge on any atom is -0.502 e. The van der Waals surface area contributed by atoms with Gasteiger partial charge in [-0.3, -0.25) is 4.79 Å². The fourth-order valence-corrected chi connectivity index (χ4v) is 1.75. The first kappa shape index (κ1) is 11.5. The van der Waals surface area contributed by atoms with Crippen LogP contribution in [0.3, 0.4) is 0 Å². The maximum Gasteiger partial charge on any atom is 0.230 e. The summed E-state index contributed by atoms with van der Waals surface area (Å²) < 4.78 is 10.3. The molecule has 0 unspecified atom stereocenters. The van der Waals surface area contributed by atoms with E-state index in [1.54, 1.807) is 13.0 Å². The van der Waals surface area contributed by atoms with Crippen LogP contribution in [-0.4, -0.2) is 17.3 Å². The van der Waals surface area contributed by atoms with Gasteiger partial charge in [0.25, 0.3) is 0 Å². The lowest BCUT2D eigenvalue weighted by Crippen LogP contribution is -2.06. The Labute approximate surface area is 96.9 Å². The Morgan fingerprint density at radius 3 is 2.71 bits per heavy atom. The number of aromatic hydroxyl groups is 1. The Kier molecular flexibility index (Phi) is 2.77. The smallest absolute Gasteiger partial charge is 0.230 e. The zero-order valence-electron chi connectivity index (χ0n) is 9.48. The van der Waals surface area contributed by atoms with E-state index in [1.165, 1.54) is 13.2 Å². The maximum absolute atomic E-state index is 11.9. The first-order valence-corrected chi connectivity index (χ1v) is 5.02. The summed E-state index contributed by atoms with van der Waals surface area (Å²) in [7, 11) is 1.34. The van der Waals surface area contributed by atoms with E-state index in [0.717, 1.165) is 0 Å². The monoisotopic (exact) mass is 236 g/mol. The zero-order chi connectivity index (χ0) is 12.6. The predicted molar refractivity (Wildman–Crippen MR) is 61.4 cm³/mol. The lowest BCUT2D eigenvalue weighted by molar-refractivity contribution is 0.281. The van der Waals surface area contributed by atoms with Gasteiger partial charge in [0, 0.05) is 17.0 Å². The Balaban J connectivity index is 3.02. The molecule has 0 fully saturated rings. The molecule has 0 spiro atoms. The van der Waals surface area contributed by atoms with Gasteiger partial charge in [-0.1, -0.05) is 0 Å². The number of methoxy groups -OCH3 is 1. The van der Waals surface area contributed by atoms with Crippen molar-refractivity contribution in [2.24, 2.45) is 0 Å². The van der Waals surface area contributed by atoms with E-state index in [-0.39, 0.29) is 11.3 Å². The Morgan fingerprint density at radius 2 is 2.12 bits per heavy atom. The van der Waals surface area contributed by atoms with Gasteiger partial charge in [0.2, 0.25) is 11.2 Å². The fraction of sp³-hybridized carbons (Fsp3) is 0.250. The van der Waals surface area contributed by atoms with E-state index < -0.39 is 17.8 Å². The molecule has 0 atom stereocenters. The van der Waals surface area contributed by atoms with Gasteiger partial charge in [0.1, 0.15) is 11.3 Å². The lowest BCUT2D eigenvalue weighted by Gasteiger charge is -1.96. The second kappa shape index (κ2) is 4.10. The third-order valence-corrected chi connectivity index (χ3v) is 2.57. The summed E-state index contributed by atoms with van der Waals surface area (Å²) in [6.45, 7) is 1.26. The summed E-state index contributed by atoms with van der Waals surface area (Å²) in [4.78, 5) is 11.9. The fourth-order valence-electron chi connectivity index (χ4n) is 1.75. The van der Waals surface area contributed by atoms with Gasteiger partial charge >= 0.3 is 0 Å². The van der Waals surface area contributed by atoms with Crippen LogP contribution in [0.5, 0.6) is 11.5 Å². The molecule has 0 saturated carbocycles. The van der Waals surface area contributed by atoms with Crippen LogP contribution in [0.25, 0.3) is 11.0 Å². The Hall–Kier alpha value is -2.01. The molecule has 1 heterocycles. The van der Waals surface area contributed by atoms with Gasteiger partial charge in [0.15, 0.2) is 5.75 Å². The standard InChI is InChI=1S/C12H12O5/c1-6-3-7-8(5-13)11(14)12(15)10(16-2)4-9(7)17-6/h3-4,13H,5H2,1-2H3,(H,14,15). The quantitative estimate of drug-likeness (QED) is 0.821. The number of aliphatic hydroxyl groups excluding tert-OH is 1. The molecule has 0 saturated heterocycles. The normalized spacial score (nSPS) is 10.8. The average molecular weight is 236 g/mol. The Morgan fingerprint density at radius 1 is 1.41 bits per heavy atom. The minimum atomic E-state index is -0.653. The second-order valence-electron chi connectivity index (χ2n) is 3.66. The molecule has 17 heavy (non-hydrogen) atoms. The molecule has 0 radical (unpaired) electrons. The summed E-state index contributed by atoms with van der Waals surface area (Å²) in [5, 5.41) is 19.4. The third-order valence-electron chi connectivity index (χ3n) is 2.57. The summed E-state index contributed by atoms with van der Waals surface area (Å²) in [5.74, 6) is 0.108. The number of aryl methyl sites for hydroxylation is 1. The number of furan rings is 1. The van der Waals surface area contributed by atoms with Crippen LogP contribution >= 0.6 is 0 Å². The molecule has 0 amide bonds. The number of hydrogen-bond acceptors (Lipinski definition) is 5. The maximum atomic E-state index is 11.9. The molecular weight excluding hydrogens is 224 g/mol. The number of fused-ring (bicyclic) bond motifs is 1. The average Bonchev–Trinajstić information content (AvgIpc) is 2.63. The molecule has 5 heteroatoms. The second-order valence-corrected chi connectivity index (χ2v) is 3.66. The molecule has 90 valence electrons. The molecule has 1 aromatic heterocycles. The van der Waals surface area contributed by atoms with Gasteiger partial charge in [-0.05, 0) is 13.0 Å². The van der Waals surface area contributed by atoms with Crippen molar-refractivity contribution in [2.45, 2.75) is 13.5 Å². The van der Waals surface area contributed by atoms with Crippen molar-refractivity contribution in [3.8, 4) is 11.5 Å². The molecule has 0 aliphatic carbocycles. The molecule has 0 aliphatic heterocycles. The summed E-state index contributed by atoms with van der Waals surface area (Å²) in [6.07, 6.45) is 0. The highest BCUT2D eigenvalue weighted by atomic mass is 16.5. The van der Waals surface area contributed by atoms with Crippen LogP contribution in [-0.2, 0) is 6.61 Å². The van der Waals surface area contributed by atoms with Gasteiger partial charge in [-0.2, -0.15) is 0 Å². The predicted octanol–water partition coefficient (Wildman–Crippen LogP) is 1.31. The van der Waals surface area contributed by atoms with Crippen molar-refractivity contribution in [3.63, 3.8) is 0 Å².